The Bertz CT molecular complexity index is 400. The number of rotatable bonds is 23. The van der Waals surface area contributed by atoms with Gasteiger partial charge in [-0.25, -0.2) is 4.79 Å². The highest BCUT2D eigenvalue weighted by Gasteiger charge is 2.21. The Labute approximate surface area is 199 Å². The van der Waals surface area contributed by atoms with Crippen molar-refractivity contribution in [2.24, 2.45) is 11.3 Å². The summed E-state index contributed by atoms with van der Waals surface area (Å²) in [4.78, 5) is 12.2. The molecule has 0 unspecified atom stereocenters. The van der Waals surface area contributed by atoms with E-state index in [9.17, 15) is 4.79 Å². The minimum Gasteiger partial charge on any atom is -0.434 e. The maximum atomic E-state index is 12.2. The molecular weight excluding hydrogens is 402 g/mol. The Morgan fingerprint density at radius 3 is 1.97 bits per heavy atom. The number of ether oxygens (including phenoxy) is 2. The molecule has 0 fully saturated rings. The van der Waals surface area contributed by atoms with Crippen LogP contribution >= 0.6 is 0 Å². The Hall–Kier alpha value is -0.810. The molecule has 0 atom stereocenters. The number of carbonyl (C=O) groups excluding carboxylic acids is 1. The Morgan fingerprint density at radius 2 is 1.41 bits per heavy atom. The van der Waals surface area contributed by atoms with Crippen molar-refractivity contribution in [1.29, 1.82) is 0 Å². The van der Waals surface area contributed by atoms with Gasteiger partial charge >= 0.3 is 6.16 Å². The lowest BCUT2D eigenvalue weighted by molar-refractivity contribution is 0.0175. The molecule has 0 aliphatic carbocycles. The molecule has 5 heteroatoms. The van der Waals surface area contributed by atoms with E-state index < -0.39 is 6.16 Å². The zero-order valence-electron chi connectivity index (χ0n) is 21.9. The van der Waals surface area contributed by atoms with E-state index in [4.69, 9.17) is 14.6 Å². The molecule has 0 spiro atoms. The Balaban J connectivity index is 4.14. The van der Waals surface area contributed by atoms with Gasteiger partial charge in [-0.2, -0.15) is 0 Å². The standard InChI is InChI=1S/C27H55NO4/c1-5-7-9-11-13-17-25(18-14-12-10-8-6-2)23-31-26(30)32-24-27(3,4)19-15-16-20-28-21-22-29/h25,28-29H,5-24H2,1-4H3. The van der Waals surface area contributed by atoms with E-state index in [1.54, 1.807) is 0 Å². The summed E-state index contributed by atoms with van der Waals surface area (Å²) in [6.07, 6.45) is 17.8. The maximum absolute atomic E-state index is 12.2. The summed E-state index contributed by atoms with van der Waals surface area (Å²) in [5.41, 5.74) is -0.0477. The van der Waals surface area contributed by atoms with Crippen LogP contribution in [0, 0.1) is 11.3 Å². The van der Waals surface area contributed by atoms with Crippen LogP contribution in [0.2, 0.25) is 0 Å². The minimum atomic E-state index is -0.510. The normalized spacial score (nSPS) is 11.8. The zero-order valence-corrected chi connectivity index (χ0v) is 21.9. The van der Waals surface area contributed by atoms with E-state index >= 15 is 0 Å². The Morgan fingerprint density at radius 1 is 0.812 bits per heavy atom. The molecular formula is C27H55NO4. The van der Waals surface area contributed by atoms with Crippen molar-refractivity contribution in [2.45, 2.75) is 124 Å². The highest BCUT2D eigenvalue weighted by atomic mass is 16.7. The van der Waals surface area contributed by atoms with Gasteiger partial charge in [-0.05, 0) is 43.6 Å². The summed E-state index contributed by atoms with van der Waals surface area (Å²) in [6, 6.07) is 0. The molecule has 0 saturated carbocycles. The molecule has 0 amide bonds. The summed E-state index contributed by atoms with van der Waals surface area (Å²) < 4.78 is 11.0. The minimum absolute atomic E-state index is 0.0477. The van der Waals surface area contributed by atoms with E-state index in [1.807, 2.05) is 0 Å². The molecule has 0 aliphatic heterocycles. The van der Waals surface area contributed by atoms with Crippen molar-refractivity contribution < 1.29 is 19.4 Å². The Kier molecular flexibility index (Phi) is 21.4. The van der Waals surface area contributed by atoms with Crippen LogP contribution in [0.1, 0.15) is 124 Å². The highest BCUT2D eigenvalue weighted by molar-refractivity contribution is 5.59. The van der Waals surface area contributed by atoms with Gasteiger partial charge in [0.25, 0.3) is 0 Å². The molecule has 5 nitrogen and oxygen atoms in total. The number of nitrogens with one attached hydrogen (secondary N) is 1. The monoisotopic (exact) mass is 457 g/mol. The predicted molar refractivity (Wildman–Crippen MR) is 135 cm³/mol. The van der Waals surface area contributed by atoms with E-state index in [-0.39, 0.29) is 12.0 Å². The number of hydrogen-bond acceptors (Lipinski definition) is 5. The SMILES string of the molecule is CCCCCCCC(CCCCCCC)COC(=O)OCC(C)(C)CCCCNCCO. The van der Waals surface area contributed by atoms with Crippen LogP contribution < -0.4 is 5.32 Å². The van der Waals surface area contributed by atoms with Crippen molar-refractivity contribution in [1.82, 2.24) is 5.32 Å². The summed E-state index contributed by atoms with van der Waals surface area (Å²) >= 11 is 0. The maximum Gasteiger partial charge on any atom is 0.508 e. The van der Waals surface area contributed by atoms with E-state index in [0.717, 1.165) is 38.6 Å². The van der Waals surface area contributed by atoms with Gasteiger partial charge in [0.2, 0.25) is 0 Å². The van der Waals surface area contributed by atoms with Crippen LogP contribution in [0.3, 0.4) is 0 Å². The summed E-state index contributed by atoms with van der Waals surface area (Å²) in [5.74, 6) is 0.463. The second-order valence-corrected chi connectivity index (χ2v) is 10.2. The van der Waals surface area contributed by atoms with Crippen LogP contribution in [0.15, 0.2) is 0 Å². The molecule has 0 saturated heterocycles. The quantitative estimate of drug-likeness (QED) is 0.125. The summed E-state index contributed by atoms with van der Waals surface area (Å²) in [5, 5.41) is 12.0. The highest BCUT2D eigenvalue weighted by Crippen LogP contribution is 2.24. The topological polar surface area (TPSA) is 67.8 Å². The fourth-order valence-electron chi connectivity index (χ4n) is 4.00. The van der Waals surface area contributed by atoms with Gasteiger partial charge in [-0.1, -0.05) is 98.3 Å². The first-order valence-electron chi connectivity index (χ1n) is 13.6. The first kappa shape index (κ1) is 31.2. The van der Waals surface area contributed by atoms with Crippen LogP contribution in [-0.4, -0.2) is 44.2 Å². The van der Waals surface area contributed by atoms with Gasteiger partial charge < -0.3 is 19.9 Å². The number of aliphatic hydroxyl groups is 1. The molecule has 2 N–H and O–H groups in total. The summed E-state index contributed by atoms with van der Waals surface area (Å²) in [6.45, 7) is 11.4. The van der Waals surface area contributed by atoms with E-state index in [1.165, 1.54) is 64.2 Å². The van der Waals surface area contributed by atoms with Gasteiger partial charge in [0.1, 0.15) is 6.61 Å². The first-order chi connectivity index (χ1) is 15.4. The second-order valence-electron chi connectivity index (χ2n) is 10.2. The van der Waals surface area contributed by atoms with Gasteiger partial charge in [0.15, 0.2) is 0 Å². The molecule has 0 rings (SSSR count). The molecule has 192 valence electrons. The number of aliphatic hydroxyl groups excluding tert-OH is 1. The van der Waals surface area contributed by atoms with Gasteiger partial charge in [-0.15, -0.1) is 0 Å². The first-order valence-corrected chi connectivity index (χ1v) is 13.6. The fraction of sp³-hybridized carbons (Fsp3) is 0.963. The van der Waals surface area contributed by atoms with E-state index in [0.29, 0.717) is 25.7 Å². The molecule has 0 aliphatic rings. The molecule has 32 heavy (non-hydrogen) atoms. The predicted octanol–water partition coefficient (Wildman–Crippen LogP) is 7.26. The van der Waals surface area contributed by atoms with Gasteiger partial charge in [0.05, 0.1) is 13.2 Å². The molecule has 0 radical (unpaired) electrons. The van der Waals surface area contributed by atoms with Gasteiger partial charge in [-0.3, -0.25) is 0 Å². The van der Waals surface area contributed by atoms with E-state index in [2.05, 4.69) is 33.0 Å². The molecule has 0 aromatic carbocycles. The lowest BCUT2D eigenvalue weighted by Gasteiger charge is -2.24. The molecule has 0 heterocycles. The fourth-order valence-corrected chi connectivity index (χ4v) is 4.00. The van der Waals surface area contributed by atoms with Crippen molar-refractivity contribution in [3.05, 3.63) is 0 Å². The molecule has 0 aromatic heterocycles. The smallest absolute Gasteiger partial charge is 0.434 e. The molecule has 0 aromatic rings. The van der Waals surface area contributed by atoms with Crippen molar-refractivity contribution in [3.8, 4) is 0 Å². The van der Waals surface area contributed by atoms with Crippen LogP contribution in [0.25, 0.3) is 0 Å². The van der Waals surface area contributed by atoms with Crippen LogP contribution in [-0.2, 0) is 9.47 Å². The average Bonchev–Trinajstić information content (AvgIpc) is 2.77. The molecule has 0 bridgehead atoms. The van der Waals surface area contributed by atoms with Crippen molar-refractivity contribution in [2.75, 3.05) is 32.9 Å². The largest absolute Gasteiger partial charge is 0.508 e. The van der Waals surface area contributed by atoms with Crippen LogP contribution in [0.4, 0.5) is 4.79 Å². The summed E-state index contributed by atoms with van der Waals surface area (Å²) in [7, 11) is 0. The van der Waals surface area contributed by atoms with Crippen molar-refractivity contribution in [3.63, 3.8) is 0 Å². The number of hydrogen-bond donors (Lipinski definition) is 2. The van der Waals surface area contributed by atoms with Crippen LogP contribution in [0.5, 0.6) is 0 Å². The third-order valence-corrected chi connectivity index (χ3v) is 6.20. The van der Waals surface area contributed by atoms with Crippen molar-refractivity contribution >= 4 is 6.16 Å². The third-order valence-electron chi connectivity index (χ3n) is 6.20. The third kappa shape index (κ3) is 21.1. The van der Waals surface area contributed by atoms with Gasteiger partial charge in [0, 0.05) is 6.54 Å². The number of carbonyl (C=O) groups is 1. The second kappa shape index (κ2) is 22.0. The lowest BCUT2D eigenvalue weighted by atomic mass is 9.88. The lowest BCUT2D eigenvalue weighted by Crippen LogP contribution is -2.24. The average molecular weight is 458 g/mol. The zero-order chi connectivity index (χ0) is 23.9. The number of unbranched alkanes of at least 4 members (excludes halogenated alkanes) is 9.